The molecular formula is C13H23N3O3. The molecule has 0 aromatic heterocycles. The van der Waals surface area contributed by atoms with E-state index in [4.69, 9.17) is 5.11 Å². The van der Waals surface area contributed by atoms with Crippen LogP contribution in [0.1, 0.15) is 25.7 Å². The van der Waals surface area contributed by atoms with E-state index in [0.29, 0.717) is 6.54 Å². The molecule has 0 aliphatic carbocycles. The van der Waals surface area contributed by atoms with Crippen LogP contribution in [0.15, 0.2) is 0 Å². The van der Waals surface area contributed by atoms with Gasteiger partial charge in [0.05, 0.1) is 12.5 Å². The summed E-state index contributed by atoms with van der Waals surface area (Å²) in [5.41, 5.74) is 0. The molecule has 2 aliphatic heterocycles. The standard InChI is InChI=1S/C13H23N3O3/c17-12(18)4-6-15-7-9-16(10-8-15)13(19)11-3-1-2-5-14-11/h11,14H,1-10H2,(H,17,18)/t11-/m1/s1. The molecule has 19 heavy (non-hydrogen) atoms. The van der Waals surface area contributed by atoms with Crippen LogP contribution in [0, 0.1) is 0 Å². The third-order valence-electron chi connectivity index (χ3n) is 3.93. The first-order chi connectivity index (χ1) is 9.16. The van der Waals surface area contributed by atoms with Crippen LogP contribution in [0.3, 0.4) is 0 Å². The Kier molecular flexibility index (Phi) is 5.15. The highest BCUT2D eigenvalue weighted by molar-refractivity contribution is 5.82. The van der Waals surface area contributed by atoms with Crippen LogP contribution >= 0.6 is 0 Å². The number of amides is 1. The fourth-order valence-electron chi connectivity index (χ4n) is 2.73. The monoisotopic (exact) mass is 269 g/mol. The summed E-state index contributed by atoms with van der Waals surface area (Å²) in [6, 6.07) is -0.000630. The van der Waals surface area contributed by atoms with Crippen LogP contribution in [0.5, 0.6) is 0 Å². The first-order valence-corrected chi connectivity index (χ1v) is 7.13. The molecule has 2 N–H and O–H groups in total. The molecule has 0 radical (unpaired) electrons. The molecule has 6 heteroatoms. The Balaban J connectivity index is 1.72. The van der Waals surface area contributed by atoms with Crippen LogP contribution in [0.25, 0.3) is 0 Å². The molecular weight excluding hydrogens is 246 g/mol. The second-order valence-electron chi connectivity index (χ2n) is 5.31. The SMILES string of the molecule is O=C(O)CCN1CCN(C(=O)[C@H]2CCCCN2)CC1. The van der Waals surface area contributed by atoms with Gasteiger partial charge in [0.25, 0.3) is 0 Å². The number of carbonyl (C=O) groups excluding carboxylic acids is 1. The lowest BCUT2D eigenvalue weighted by atomic mass is 10.0. The third-order valence-corrected chi connectivity index (χ3v) is 3.93. The largest absolute Gasteiger partial charge is 0.481 e. The number of carbonyl (C=O) groups is 2. The number of carboxylic acids is 1. The molecule has 6 nitrogen and oxygen atoms in total. The normalized spacial score (nSPS) is 25.3. The van der Waals surface area contributed by atoms with Gasteiger partial charge in [0.1, 0.15) is 0 Å². The van der Waals surface area contributed by atoms with E-state index in [1.165, 1.54) is 0 Å². The second kappa shape index (κ2) is 6.86. The number of piperidine rings is 1. The van der Waals surface area contributed by atoms with Crippen LogP contribution in [-0.4, -0.2) is 72.1 Å². The number of nitrogens with one attached hydrogen (secondary N) is 1. The molecule has 2 rings (SSSR count). The van der Waals surface area contributed by atoms with Crippen molar-refractivity contribution in [3.05, 3.63) is 0 Å². The van der Waals surface area contributed by atoms with Gasteiger partial charge in [-0.15, -0.1) is 0 Å². The van der Waals surface area contributed by atoms with Gasteiger partial charge in [0.15, 0.2) is 0 Å². The van der Waals surface area contributed by atoms with Gasteiger partial charge in [-0.25, -0.2) is 0 Å². The van der Waals surface area contributed by atoms with E-state index in [1.54, 1.807) is 0 Å². The fourth-order valence-corrected chi connectivity index (χ4v) is 2.73. The van der Waals surface area contributed by atoms with Crippen LogP contribution < -0.4 is 5.32 Å². The zero-order valence-corrected chi connectivity index (χ0v) is 11.3. The molecule has 108 valence electrons. The number of carboxylic acid groups (broad SMARTS) is 1. The Hall–Kier alpha value is -1.14. The molecule has 2 heterocycles. The highest BCUT2D eigenvalue weighted by Crippen LogP contribution is 2.12. The number of hydrogen-bond acceptors (Lipinski definition) is 4. The minimum absolute atomic E-state index is 0.000630. The number of nitrogens with zero attached hydrogens (tertiary/aromatic N) is 2. The van der Waals surface area contributed by atoms with Crippen molar-refractivity contribution in [1.29, 1.82) is 0 Å². The summed E-state index contributed by atoms with van der Waals surface area (Å²) < 4.78 is 0. The van der Waals surface area contributed by atoms with Crippen molar-refractivity contribution in [1.82, 2.24) is 15.1 Å². The molecule has 0 bridgehead atoms. The van der Waals surface area contributed by atoms with Crippen LogP contribution in [0.4, 0.5) is 0 Å². The van der Waals surface area contributed by atoms with Gasteiger partial charge in [-0.3, -0.25) is 14.5 Å². The summed E-state index contributed by atoms with van der Waals surface area (Å²) in [4.78, 5) is 26.8. The summed E-state index contributed by atoms with van der Waals surface area (Å²) in [7, 11) is 0. The average molecular weight is 269 g/mol. The Morgan fingerprint density at radius 2 is 1.89 bits per heavy atom. The van der Waals surface area contributed by atoms with Gasteiger partial charge in [-0.1, -0.05) is 6.42 Å². The maximum Gasteiger partial charge on any atom is 0.304 e. The van der Waals surface area contributed by atoms with Gasteiger partial charge < -0.3 is 15.3 Å². The second-order valence-corrected chi connectivity index (χ2v) is 5.31. The van der Waals surface area contributed by atoms with E-state index in [2.05, 4.69) is 10.2 Å². The maximum atomic E-state index is 12.3. The van der Waals surface area contributed by atoms with Gasteiger partial charge >= 0.3 is 5.97 Å². The van der Waals surface area contributed by atoms with E-state index in [9.17, 15) is 9.59 Å². The lowest BCUT2D eigenvalue weighted by Crippen LogP contribution is -2.55. The lowest BCUT2D eigenvalue weighted by Gasteiger charge is -2.37. The van der Waals surface area contributed by atoms with Crippen molar-refractivity contribution in [2.24, 2.45) is 0 Å². The summed E-state index contributed by atoms with van der Waals surface area (Å²) in [5.74, 6) is -0.539. The predicted molar refractivity (Wildman–Crippen MR) is 70.9 cm³/mol. The lowest BCUT2D eigenvalue weighted by molar-refractivity contribution is -0.139. The molecule has 0 spiro atoms. The summed E-state index contributed by atoms with van der Waals surface area (Å²) in [6.07, 6.45) is 3.41. The van der Waals surface area contributed by atoms with Gasteiger partial charge in [0.2, 0.25) is 5.91 Å². The van der Waals surface area contributed by atoms with Crippen molar-refractivity contribution >= 4 is 11.9 Å². The summed E-state index contributed by atoms with van der Waals surface area (Å²) in [6.45, 7) is 4.53. The average Bonchev–Trinajstić information content (AvgIpc) is 2.46. The smallest absolute Gasteiger partial charge is 0.304 e. The van der Waals surface area contributed by atoms with E-state index in [-0.39, 0.29) is 18.4 Å². The van der Waals surface area contributed by atoms with Crippen molar-refractivity contribution in [2.45, 2.75) is 31.7 Å². The van der Waals surface area contributed by atoms with Crippen molar-refractivity contribution in [2.75, 3.05) is 39.3 Å². The Morgan fingerprint density at radius 1 is 1.16 bits per heavy atom. The van der Waals surface area contributed by atoms with E-state index >= 15 is 0 Å². The van der Waals surface area contributed by atoms with Gasteiger partial charge in [0, 0.05) is 32.7 Å². The summed E-state index contributed by atoms with van der Waals surface area (Å²) >= 11 is 0. The molecule has 2 saturated heterocycles. The van der Waals surface area contributed by atoms with Crippen LogP contribution in [-0.2, 0) is 9.59 Å². The minimum Gasteiger partial charge on any atom is -0.481 e. The third kappa shape index (κ3) is 4.18. The zero-order chi connectivity index (χ0) is 13.7. The molecule has 2 fully saturated rings. The molecule has 0 saturated carbocycles. The van der Waals surface area contributed by atoms with Crippen LogP contribution in [0.2, 0.25) is 0 Å². The summed E-state index contributed by atoms with van der Waals surface area (Å²) in [5, 5.41) is 11.9. The Bertz CT molecular complexity index is 321. The number of hydrogen-bond donors (Lipinski definition) is 2. The minimum atomic E-state index is -0.759. The molecule has 0 aromatic rings. The van der Waals surface area contributed by atoms with Gasteiger partial charge in [-0.2, -0.15) is 0 Å². The molecule has 2 aliphatic rings. The molecule has 0 aromatic carbocycles. The number of piperazine rings is 1. The maximum absolute atomic E-state index is 12.3. The van der Waals surface area contributed by atoms with Crippen molar-refractivity contribution < 1.29 is 14.7 Å². The first-order valence-electron chi connectivity index (χ1n) is 7.13. The Morgan fingerprint density at radius 3 is 2.47 bits per heavy atom. The molecule has 1 amide bonds. The topological polar surface area (TPSA) is 72.9 Å². The fraction of sp³-hybridized carbons (Fsp3) is 0.846. The quantitative estimate of drug-likeness (QED) is 0.736. The van der Waals surface area contributed by atoms with E-state index in [0.717, 1.165) is 52.0 Å². The van der Waals surface area contributed by atoms with Gasteiger partial charge in [-0.05, 0) is 19.4 Å². The first kappa shape index (κ1) is 14.3. The highest BCUT2D eigenvalue weighted by Gasteiger charge is 2.28. The Labute approximate surface area is 113 Å². The van der Waals surface area contributed by atoms with Crippen molar-refractivity contribution in [3.63, 3.8) is 0 Å². The molecule has 0 unspecified atom stereocenters. The number of rotatable bonds is 4. The predicted octanol–water partition coefficient (Wildman–Crippen LogP) is -0.253. The number of aliphatic carboxylic acids is 1. The zero-order valence-electron chi connectivity index (χ0n) is 11.3. The molecule has 1 atom stereocenters. The van der Waals surface area contributed by atoms with E-state index < -0.39 is 5.97 Å². The van der Waals surface area contributed by atoms with Crippen molar-refractivity contribution in [3.8, 4) is 0 Å². The highest BCUT2D eigenvalue weighted by atomic mass is 16.4. The van der Waals surface area contributed by atoms with E-state index in [1.807, 2.05) is 4.90 Å².